The van der Waals surface area contributed by atoms with Gasteiger partial charge in [-0.25, -0.2) is 9.48 Å². The number of thiophene rings is 1. The van der Waals surface area contributed by atoms with E-state index in [0.717, 1.165) is 22.3 Å². The van der Waals surface area contributed by atoms with Gasteiger partial charge in [-0.05, 0) is 38.3 Å². The molecule has 1 fully saturated rings. The Morgan fingerprint density at radius 1 is 1.30 bits per heavy atom. The summed E-state index contributed by atoms with van der Waals surface area (Å²) >= 11 is 1.16. The molecule has 1 amide bonds. The molecule has 2 heterocycles. The first-order chi connectivity index (χ1) is 14.1. The number of esters is 1. The lowest BCUT2D eigenvalue weighted by atomic mass is 10.2. The van der Waals surface area contributed by atoms with E-state index in [0.29, 0.717) is 23.9 Å². The van der Waals surface area contributed by atoms with Gasteiger partial charge in [-0.3, -0.25) is 9.59 Å². The van der Waals surface area contributed by atoms with Crippen LogP contribution in [0, 0.1) is 0 Å². The lowest BCUT2D eigenvalue weighted by Crippen LogP contribution is -2.35. The van der Waals surface area contributed by atoms with Crippen LogP contribution < -0.4 is 10.9 Å². The molecule has 0 saturated heterocycles. The zero-order chi connectivity index (χ0) is 22.1. The smallest absolute Gasteiger partial charge is 0.421 e. The summed E-state index contributed by atoms with van der Waals surface area (Å²) in [5.41, 5.74) is -2.42. The van der Waals surface area contributed by atoms with Gasteiger partial charge in [0.25, 0.3) is 5.56 Å². The fourth-order valence-corrected chi connectivity index (χ4v) is 3.82. The molecule has 2 aromatic rings. The number of hydrogen-bond donors (Lipinski definition) is 1. The fraction of sp³-hybridized carbons (Fsp3) is 0.474. The molecule has 7 nitrogen and oxygen atoms in total. The number of hydrogen-bond acceptors (Lipinski definition) is 6. The van der Waals surface area contributed by atoms with Gasteiger partial charge in [0.2, 0.25) is 5.91 Å². The van der Waals surface area contributed by atoms with Crippen LogP contribution in [0.3, 0.4) is 0 Å². The van der Waals surface area contributed by atoms with E-state index in [2.05, 4.69) is 10.4 Å². The van der Waals surface area contributed by atoms with Gasteiger partial charge in [0.15, 0.2) is 0 Å². The summed E-state index contributed by atoms with van der Waals surface area (Å²) in [6.45, 7) is 2.96. The standard InChI is InChI=1S/C19H20F3N3O4S/c1-3-11-7-12(18(28)29-4-2)16(30-11)23-15(26)9-25-17(27)13(19(20,21)22)8-14(24-25)10-5-6-10/h7-8,10H,3-6,9H2,1-2H3,(H,23,26). The van der Waals surface area contributed by atoms with E-state index in [9.17, 15) is 27.6 Å². The van der Waals surface area contributed by atoms with Crippen molar-refractivity contribution in [3.63, 3.8) is 0 Å². The number of rotatable bonds is 7. The number of anilines is 1. The SMILES string of the molecule is CCOC(=O)c1cc(CC)sc1NC(=O)Cn1nc(C2CC2)cc(C(F)(F)F)c1=O. The van der Waals surface area contributed by atoms with Crippen LogP contribution in [0.1, 0.15) is 59.1 Å². The third-order valence-electron chi connectivity index (χ3n) is 4.47. The maximum Gasteiger partial charge on any atom is 0.421 e. The molecule has 1 N–H and O–H groups in total. The van der Waals surface area contributed by atoms with Gasteiger partial charge >= 0.3 is 12.1 Å². The van der Waals surface area contributed by atoms with E-state index in [1.165, 1.54) is 0 Å². The molecule has 30 heavy (non-hydrogen) atoms. The van der Waals surface area contributed by atoms with Crippen LogP contribution in [0.5, 0.6) is 0 Å². The molecule has 1 aliphatic rings. The van der Waals surface area contributed by atoms with Gasteiger partial charge in [-0.15, -0.1) is 11.3 Å². The van der Waals surface area contributed by atoms with Crippen LogP contribution >= 0.6 is 11.3 Å². The summed E-state index contributed by atoms with van der Waals surface area (Å²) in [5, 5.41) is 6.67. The van der Waals surface area contributed by atoms with Gasteiger partial charge in [-0.1, -0.05) is 6.92 Å². The van der Waals surface area contributed by atoms with Crippen LogP contribution in [0.25, 0.3) is 0 Å². The molecule has 0 unspecified atom stereocenters. The van der Waals surface area contributed by atoms with Gasteiger partial charge in [0.05, 0.1) is 17.9 Å². The molecular weight excluding hydrogens is 423 g/mol. The van der Waals surface area contributed by atoms with Crippen molar-refractivity contribution in [2.75, 3.05) is 11.9 Å². The molecule has 162 valence electrons. The lowest BCUT2D eigenvalue weighted by Gasteiger charge is -2.12. The van der Waals surface area contributed by atoms with Gasteiger partial charge in [0.1, 0.15) is 17.1 Å². The predicted octanol–water partition coefficient (Wildman–Crippen LogP) is 3.58. The Morgan fingerprint density at radius 3 is 2.57 bits per heavy atom. The second-order valence-electron chi connectivity index (χ2n) is 6.80. The van der Waals surface area contributed by atoms with Crippen LogP contribution in [0.15, 0.2) is 16.9 Å². The van der Waals surface area contributed by atoms with Crippen molar-refractivity contribution >= 4 is 28.2 Å². The average molecular weight is 443 g/mol. The topological polar surface area (TPSA) is 90.3 Å². The number of ether oxygens (including phenoxy) is 1. The van der Waals surface area contributed by atoms with E-state index in [4.69, 9.17) is 4.74 Å². The highest BCUT2D eigenvalue weighted by Gasteiger charge is 2.37. The van der Waals surface area contributed by atoms with E-state index in [-0.39, 0.29) is 28.8 Å². The van der Waals surface area contributed by atoms with E-state index in [1.54, 1.807) is 13.0 Å². The first-order valence-electron chi connectivity index (χ1n) is 9.43. The lowest BCUT2D eigenvalue weighted by molar-refractivity contribution is -0.139. The Kier molecular flexibility index (Phi) is 6.30. The molecule has 11 heteroatoms. The molecule has 0 atom stereocenters. The van der Waals surface area contributed by atoms with Crippen molar-refractivity contribution in [3.05, 3.63) is 44.2 Å². The summed E-state index contributed by atoms with van der Waals surface area (Å²) in [6, 6.07) is 2.36. The van der Waals surface area contributed by atoms with E-state index < -0.39 is 35.7 Å². The van der Waals surface area contributed by atoms with Crippen molar-refractivity contribution < 1.29 is 27.5 Å². The minimum atomic E-state index is -4.84. The van der Waals surface area contributed by atoms with Crippen molar-refractivity contribution in [2.45, 2.75) is 51.7 Å². The van der Waals surface area contributed by atoms with Gasteiger partial charge < -0.3 is 10.1 Å². The number of carbonyl (C=O) groups excluding carboxylic acids is 2. The summed E-state index contributed by atoms with van der Waals surface area (Å²) in [6.07, 6.45) is -2.85. The minimum Gasteiger partial charge on any atom is -0.462 e. The maximum absolute atomic E-state index is 13.2. The molecule has 0 aromatic carbocycles. The number of alkyl halides is 3. The van der Waals surface area contributed by atoms with Crippen molar-refractivity contribution in [2.24, 2.45) is 0 Å². The third-order valence-corrected chi connectivity index (χ3v) is 5.66. The first-order valence-corrected chi connectivity index (χ1v) is 10.2. The molecule has 1 aliphatic carbocycles. The number of nitrogens with zero attached hydrogens (tertiary/aromatic N) is 2. The number of aromatic nitrogens is 2. The number of carbonyl (C=O) groups is 2. The molecule has 3 rings (SSSR count). The molecule has 0 spiro atoms. The Morgan fingerprint density at radius 2 is 2.00 bits per heavy atom. The zero-order valence-corrected chi connectivity index (χ0v) is 17.2. The average Bonchev–Trinajstić information content (AvgIpc) is 3.43. The molecule has 0 aliphatic heterocycles. The van der Waals surface area contributed by atoms with Crippen molar-refractivity contribution in [3.8, 4) is 0 Å². The maximum atomic E-state index is 13.2. The number of aryl methyl sites for hydroxylation is 1. The Balaban J connectivity index is 1.87. The number of amides is 1. The van der Waals surface area contributed by atoms with Crippen LogP contribution in [0.4, 0.5) is 18.2 Å². The highest BCUT2D eigenvalue weighted by molar-refractivity contribution is 7.16. The monoisotopic (exact) mass is 443 g/mol. The van der Waals surface area contributed by atoms with Crippen LogP contribution in [0.2, 0.25) is 0 Å². The van der Waals surface area contributed by atoms with Gasteiger partial charge in [-0.2, -0.15) is 18.3 Å². The summed E-state index contributed by atoms with van der Waals surface area (Å²) in [7, 11) is 0. The Labute approximate surface area is 173 Å². The molecule has 0 bridgehead atoms. The fourth-order valence-electron chi connectivity index (χ4n) is 2.82. The quantitative estimate of drug-likeness (QED) is 0.661. The van der Waals surface area contributed by atoms with Crippen molar-refractivity contribution in [1.82, 2.24) is 9.78 Å². The molecule has 1 saturated carbocycles. The molecular formula is C19H20F3N3O4S. The molecule has 2 aromatic heterocycles. The summed E-state index contributed by atoms with van der Waals surface area (Å²) < 4.78 is 45.2. The predicted molar refractivity (Wildman–Crippen MR) is 104 cm³/mol. The molecule has 0 radical (unpaired) electrons. The van der Waals surface area contributed by atoms with E-state index in [1.807, 2.05) is 6.92 Å². The summed E-state index contributed by atoms with van der Waals surface area (Å²) in [5.74, 6) is -1.52. The zero-order valence-electron chi connectivity index (χ0n) is 16.3. The first kappa shape index (κ1) is 22.0. The number of halogens is 3. The Bertz CT molecular complexity index is 1030. The summed E-state index contributed by atoms with van der Waals surface area (Å²) in [4.78, 5) is 37.7. The highest BCUT2D eigenvalue weighted by Crippen LogP contribution is 2.40. The van der Waals surface area contributed by atoms with Crippen LogP contribution in [-0.2, 0) is 28.7 Å². The van der Waals surface area contributed by atoms with E-state index >= 15 is 0 Å². The minimum absolute atomic E-state index is 0.138. The van der Waals surface area contributed by atoms with Gasteiger partial charge in [0, 0.05) is 10.8 Å². The van der Waals surface area contributed by atoms with Crippen LogP contribution in [-0.4, -0.2) is 28.3 Å². The number of nitrogens with one attached hydrogen (secondary N) is 1. The Hall–Kier alpha value is -2.69. The normalized spacial score (nSPS) is 13.9. The third kappa shape index (κ3) is 4.89. The largest absolute Gasteiger partial charge is 0.462 e. The second-order valence-corrected chi connectivity index (χ2v) is 7.93. The van der Waals surface area contributed by atoms with Crippen molar-refractivity contribution in [1.29, 1.82) is 0 Å². The highest BCUT2D eigenvalue weighted by atomic mass is 32.1. The second kappa shape index (κ2) is 8.58.